The number of aryl methyl sites for hydroxylation is 1. The Balaban J connectivity index is 3.17. The van der Waals surface area contributed by atoms with Gasteiger partial charge >= 0.3 is 5.97 Å². The summed E-state index contributed by atoms with van der Waals surface area (Å²) in [7, 11) is -3.92. The Morgan fingerprint density at radius 1 is 1.37 bits per heavy atom. The highest BCUT2D eigenvalue weighted by Gasteiger charge is 2.28. The lowest BCUT2D eigenvalue weighted by atomic mass is 10.1. The zero-order chi connectivity index (χ0) is 14.8. The van der Waals surface area contributed by atoms with E-state index in [1.807, 2.05) is 0 Å². The van der Waals surface area contributed by atoms with E-state index in [1.54, 1.807) is 32.9 Å². The van der Waals surface area contributed by atoms with Gasteiger partial charge in [-0.05, 0) is 30.5 Å². The number of aliphatic carboxylic acids is 1. The van der Waals surface area contributed by atoms with E-state index < -0.39 is 22.0 Å². The van der Waals surface area contributed by atoms with Crippen molar-refractivity contribution < 1.29 is 18.3 Å². The van der Waals surface area contributed by atoms with E-state index in [1.165, 1.54) is 6.07 Å². The van der Waals surface area contributed by atoms with E-state index in [0.717, 1.165) is 0 Å². The number of hydrogen-bond donors (Lipinski definition) is 2. The number of carboxylic acid groups (broad SMARTS) is 1. The molecule has 0 aliphatic carbocycles. The maximum absolute atomic E-state index is 12.2. The van der Waals surface area contributed by atoms with Crippen LogP contribution in [0.25, 0.3) is 0 Å². The fourth-order valence-electron chi connectivity index (χ4n) is 1.57. The van der Waals surface area contributed by atoms with Gasteiger partial charge in [-0.2, -0.15) is 4.72 Å². The van der Waals surface area contributed by atoms with E-state index in [-0.39, 0.29) is 15.8 Å². The van der Waals surface area contributed by atoms with Crippen molar-refractivity contribution in [2.24, 2.45) is 5.92 Å². The van der Waals surface area contributed by atoms with Crippen molar-refractivity contribution >= 4 is 27.6 Å². The van der Waals surface area contributed by atoms with E-state index in [9.17, 15) is 13.2 Å². The number of nitrogens with one attached hydrogen (secondary N) is 1. The van der Waals surface area contributed by atoms with Crippen molar-refractivity contribution in [1.29, 1.82) is 0 Å². The number of benzene rings is 1. The van der Waals surface area contributed by atoms with Crippen LogP contribution >= 0.6 is 11.6 Å². The van der Waals surface area contributed by atoms with E-state index in [2.05, 4.69) is 4.72 Å². The first kappa shape index (κ1) is 15.9. The number of carbonyl (C=O) groups is 1. The van der Waals surface area contributed by atoms with Crippen LogP contribution in [0, 0.1) is 12.8 Å². The van der Waals surface area contributed by atoms with Crippen molar-refractivity contribution in [2.45, 2.75) is 31.7 Å². The van der Waals surface area contributed by atoms with E-state index in [4.69, 9.17) is 16.7 Å². The third kappa shape index (κ3) is 3.92. The van der Waals surface area contributed by atoms with Crippen LogP contribution in [0.2, 0.25) is 5.02 Å². The molecule has 5 nitrogen and oxygen atoms in total. The molecule has 0 fully saturated rings. The molecule has 0 aliphatic rings. The van der Waals surface area contributed by atoms with Crippen molar-refractivity contribution in [3.63, 3.8) is 0 Å². The van der Waals surface area contributed by atoms with Gasteiger partial charge in [0.2, 0.25) is 10.0 Å². The topological polar surface area (TPSA) is 83.5 Å². The summed E-state index contributed by atoms with van der Waals surface area (Å²) in [6.45, 7) is 4.88. The molecule has 0 saturated carbocycles. The molecule has 106 valence electrons. The molecule has 0 unspecified atom stereocenters. The zero-order valence-electron chi connectivity index (χ0n) is 10.8. The monoisotopic (exact) mass is 305 g/mol. The summed E-state index contributed by atoms with van der Waals surface area (Å²) in [5, 5.41) is 9.30. The average molecular weight is 306 g/mol. The lowest BCUT2D eigenvalue weighted by molar-refractivity contribution is -0.140. The minimum atomic E-state index is -3.92. The Bertz CT molecular complexity index is 583. The van der Waals surface area contributed by atoms with Crippen LogP contribution in [0.4, 0.5) is 0 Å². The van der Waals surface area contributed by atoms with Gasteiger partial charge in [0, 0.05) is 5.02 Å². The van der Waals surface area contributed by atoms with Gasteiger partial charge in [0.15, 0.2) is 0 Å². The summed E-state index contributed by atoms with van der Waals surface area (Å²) < 4.78 is 26.6. The molecule has 7 heteroatoms. The Hall–Kier alpha value is -1.11. The first-order valence-electron chi connectivity index (χ1n) is 5.66. The summed E-state index contributed by atoms with van der Waals surface area (Å²) >= 11 is 5.78. The predicted octanol–water partition coefficient (Wildman–Crippen LogP) is 2.04. The molecule has 0 bridgehead atoms. The molecule has 19 heavy (non-hydrogen) atoms. The normalized spacial score (nSPS) is 13.5. The highest BCUT2D eigenvalue weighted by atomic mass is 35.5. The first-order valence-corrected chi connectivity index (χ1v) is 7.52. The van der Waals surface area contributed by atoms with Crippen molar-refractivity contribution in [1.82, 2.24) is 4.72 Å². The molecule has 1 rings (SSSR count). The van der Waals surface area contributed by atoms with Crippen LogP contribution in [0.15, 0.2) is 23.1 Å². The molecule has 1 aromatic carbocycles. The SMILES string of the molecule is Cc1ccc(Cl)cc1S(=O)(=O)N[C@H](C(=O)O)C(C)C. The number of rotatable bonds is 5. The van der Waals surface area contributed by atoms with E-state index in [0.29, 0.717) is 5.56 Å². The minimum absolute atomic E-state index is 0.00750. The molecule has 1 atom stereocenters. The second-order valence-electron chi connectivity index (χ2n) is 4.59. The minimum Gasteiger partial charge on any atom is -0.480 e. The standard InChI is InChI=1S/C12H16ClNO4S/c1-7(2)11(12(15)16)14-19(17,18)10-6-9(13)5-4-8(10)3/h4-7,11,14H,1-3H3,(H,15,16)/t11-/m0/s1. The van der Waals surface area contributed by atoms with Gasteiger partial charge in [-0.1, -0.05) is 31.5 Å². The van der Waals surface area contributed by atoms with Gasteiger partial charge in [0.25, 0.3) is 0 Å². The summed E-state index contributed by atoms with van der Waals surface area (Å²) in [4.78, 5) is 11.0. The zero-order valence-corrected chi connectivity index (χ0v) is 12.4. The average Bonchev–Trinajstić information content (AvgIpc) is 2.28. The Kier molecular flexibility index (Phi) is 4.95. The lowest BCUT2D eigenvalue weighted by Gasteiger charge is -2.18. The third-order valence-electron chi connectivity index (χ3n) is 2.65. The molecule has 0 amide bonds. The highest BCUT2D eigenvalue weighted by molar-refractivity contribution is 7.89. The van der Waals surface area contributed by atoms with Gasteiger partial charge in [-0.3, -0.25) is 4.79 Å². The summed E-state index contributed by atoms with van der Waals surface area (Å²) in [5.74, 6) is -1.58. The summed E-state index contributed by atoms with van der Waals surface area (Å²) in [6, 6.07) is 3.27. The number of carboxylic acids is 1. The molecule has 0 saturated heterocycles. The summed E-state index contributed by atoms with van der Waals surface area (Å²) in [5.41, 5.74) is 0.504. The molecule has 0 heterocycles. The molecule has 1 aromatic rings. The van der Waals surface area contributed by atoms with Crippen LogP contribution in [0.1, 0.15) is 19.4 Å². The summed E-state index contributed by atoms with van der Waals surface area (Å²) in [6.07, 6.45) is 0. The van der Waals surface area contributed by atoms with Crippen molar-refractivity contribution in [2.75, 3.05) is 0 Å². The number of halogens is 1. The highest BCUT2D eigenvalue weighted by Crippen LogP contribution is 2.21. The quantitative estimate of drug-likeness (QED) is 0.872. The van der Waals surface area contributed by atoms with Gasteiger partial charge in [0.1, 0.15) is 6.04 Å². The molecule has 0 aliphatic heterocycles. The van der Waals surface area contributed by atoms with Crippen LogP contribution in [0.5, 0.6) is 0 Å². The Labute approximate surface area is 117 Å². The van der Waals surface area contributed by atoms with Crippen LogP contribution in [0.3, 0.4) is 0 Å². The van der Waals surface area contributed by atoms with Gasteiger partial charge in [-0.25, -0.2) is 8.42 Å². The Morgan fingerprint density at radius 2 is 1.95 bits per heavy atom. The number of sulfonamides is 1. The largest absolute Gasteiger partial charge is 0.480 e. The maximum Gasteiger partial charge on any atom is 0.322 e. The predicted molar refractivity (Wildman–Crippen MR) is 72.8 cm³/mol. The van der Waals surface area contributed by atoms with Crippen LogP contribution < -0.4 is 4.72 Å². The molecule has 0 radical (unpaired) electrons. The van der Waals surface area contributed by atoms with Crippen molar-refractivity contribution in [3.8, 4) is 0 Å². The lowest BCUT2D eigenvalue weighted by Crippen LogP contribution is -2.44. The molecule has 2 N–H and O–H groups in total. The van der Waals surface area contributed by atoms with Crippen LogP contribution in [-0.4, -0.2) is 25.5 Å². The second kappa shape index (κ2) is 5.90. The third-order valence-corrected chi connectivity index (χ3v) is 4.47. The fourth-order valence-corrected chi connectivity index (χ4v) is 3.41. The van der Waals surface area contributed by atoms with Gasteiger partial charge in [-0.15, -0.1) is 0 Å². The molecular weight excluding hydrogens is 290 g/mol. The fraction of sp³-hybridized carbons (Fsp3) is 0.417. The molecular formula is C12H16ClNO4S. The molecule has 0 spiro atoms. The van der Waals surface area contributed by atoms with E-state index >= 15 is 0 Å². The van der Waals surface area contributed by atoms with Gasteiger partial charge < -0.3 is 5.11 Å². The second-order valence-corrected chi connectivity index (χ2v) is 6.71. The number of hydrogen-bond acceptors (Lipinski definition) is 3. The van der Waals surface area contributed by atoms with Gasteiger partial charge in [0.05, 0.1) is 4.90 Å². The maximum atomic E-state index is 12.2. The Morgan fingerprint density at radius 3 is 2.42 bits per heavy atom. The van der Waals surface area contributed by atoms with Crippen molar-refractivity contribution in [3.05, 3.63) is 28.8 Å². The van der Waals surface area contributed by atoms with Crippen LogP contribution in [-0.2, 0) is 14.8 Å². The first-order chi connectivity index (χ1) is 8.65. The smallest absolute Gasteiger partial charge is 0.322 e. The molecule has 0 aromatic heterocycles.